The summed E-state index contributed by atoms with van der Waals surface area (Å²) in [5, 5.41) is 10.4. The van der Waals surface area contributed by atoms with Gasteiger partial charge in [0, 0.05) is 11.1 Å². The molecule has 0 bridgehead atoms. The van der Waals surface area contributed by atoms with Crippen molar-refractivity contribution >= 4 is 22.5 Å². The monoisotopic (exact) mass is 294 g/mol. The van der Waals surface area contributed by atoms with Crippen molar-refractivity contribution in [3.05, 3.63) is 81.1 Å². The third-order valence-electron chi connectivity index (χ3n) is 3.41. The Morgan fingerprint density at radius 3 is 2.67 bits per heavy atom. The lowest BCUT2D eigenvalue weighted by Crippen LogP contribution is -2.20. The van der Waals surface area contributed by atoms with Crippen molar-refractivity contribution in [2.24, 2.45) is 0 Å². The molecule has 2 aromatic carbocycles. The van der Waals surface area contributed by atoms with E-state index in [0.29, 0.717) is 17.1 Å². The normalized spacial score (nSPS) is 10.5. The molecule has 0 fully saturated rings. The van der Waals surface area contributed by atoms with Crippen LogP contribution in [-0.4, -0.2) is 4.57 Å². The lowest BCUT2D eigenvalue weighted by Gasteiger charge is -2.11. The Balaban J connectivity index is 2.12. The maximum atomic E-state index is 12.1. The van der Waals surface area contributed by atoms with Gasteiger partial charge in [0.2, 0.25) is 0 Å². The van der Waals surface area contributed by atoms with Crippen LogP contribution in [-0.2, 0) is 6.54 Å². The maximum Gasteiger partial charge on any atom is 0.251 e. The Morgan fingerprint density at radius 1 is 1.10 bits per heavy atom. The van der Waals surface area contributed by atoms with E-state index < -0.39 is 0 Å². The third kappa shape index (κ3) is 2.54. The lowest BCUT2D eigenvalue weighted by atomic mass is 10.1. The van der Waals surface area contributed by atoms with E-state index in [1.807, 2.05) is 36.4 Å². The number of rotatable bonds is 2. The SMILES string of the molecule is N#Cc1ccc(Cn2c(=O)ccc3ccccc32)c(Cl)c1. The van der Waals surface area contributed by atoms with Gasteiger partial charge in [-0.15, -0.1) is 0 Å². The second kappa shape index (κ2) is 5.43. The first-order valence-corrected chi connectivity index (χ1v) is 6.84. The number of halogens is 1. The number of hydrogen-bond donors (Lipinski definition) is 0. The highest BCUT2D eigenvalue weighted by molar-refractivity contribution is 6.31. The molecule has 0 aliphatic heterocycles. The van der Waals surface area contributed by atoms with Gasteiger partial charge in [-0.1, -0.05) is 35.9 Å². The van der Waals surface area contributed by atoms with E-state index >= 15 is 0 Å². The minimum absolute atomic E-state index is 0.0749. The summed E-state index contributed by atoms with van der Waals surface area (Å²) in [7, 11) is 0. The molecule has 0 aliphatic carbocycles. The first-order valence-electron chi connectivity index (χ1n) is 6.46. The third-order valence-corrected chi connectivity index (χ3v) is 3.76. The fourth-order valence-corrected chi connectivity index (χ4v) is 2.56. The summed E-state index contributed by atoms with van der Waals surface area (Å²) in [6.45, 7) is 0.380. The number of para-hydroxylation sites is 1. The molecule has 0 N–H and O–H groups in total. The standard InChI is InChI=1S/C17H11ClN2O/c18-15-9-12(10-19)5-6-14(15)11-20-16-4-2-1-3-13(16)7-8-17(20)21/h1-9H,11H2. The number of hydrogen-bond acceptors (Lipinski definition) is 2. The summed E-state index contributed by atoms with van der Waals surface area (Å²) < 4.78 is 1.68. The van der Waals surface area contributed by atoms with Gasteiger partial charge in [0.1, 0.15) is 0 Å². The van der Waals surface area contributed by atoms with Crippen molar-refractivity contribution in [1.29, 1.82) is 5.26 Å². The molecule has 0 unspecified atom stereocenters. The first kappa shape index (κ1) is 13.4. The van der Waals surface area contributed by atoms with Gasteiger partial charge in [-0.2, -0.15) is 5.26 Å². The van der Waals surface area contributed by atoms with E-state index in [1.165, 1.54) is 0 Å². The molecular weight excluding hydrogens is 284 g/mol. The van der Waals surface area contributed by atoms with Crippen LogP contribution in [0.4, 0.5) is 0 Å². The van der Waals surface area contributed by atoms with Crippen molar-refractivity contribution in [3.63, 3.8) is 0 Å². The van der Waals surface area contributed by atoms with Crippen LogP contribution >= 0.6 is 11.6 Å². The van der Waals surface area contributed by atoms with Crippen LogP contribution in [0.2, 0.25) is 5.02 Å². The summed E-state index contributed by atoms with van der Waals surface area (Å²) in [5.74, 6) is 0. The van der Waals surface area contributed by atoms with Gasteiger partial charge in [0.25, 0.3) is 5.56 Å². The largest absolute Gasteiger partial charge is 0.304 e. The second-order valence-corrected chi connectivity index (χ2v) is 5.14. The van der Waals surface area contributed by atoms with Crippen LogP contribution in [0.1, 0.15) is 11.1 Å². The maximum absolute atomic E-state index is 12.1. The van der Waals surface area contributed by atoms with Gasteiger partial charge in [-0.3, -0.25) is 4.79 Å². The van der Waals surface area contributed by atoms with E-state index in [9.17, 15) is 4.79 Å². The first-order chi connectivity index (χ1) is 10.2. The zero-order valence-electron chi connectivity index (χ0n) is 11.1. The fourth-order valence-electron chi connectivity index (χ4n) is 2.32. The zero-order chi connectivity index (χ0) is 14.8. The van der Waals surface area contributed by atoms with Crippen molar-refractivity contribution < 1.29 is 0 Å². The number of pyridine rings is 1. The predicted molar refractivity (Wildman–Crippen MR) is 83.5 cm³/mol. The molecule has 0 aliphatic rings. The molecule has 0 radical (unpaired) electrons. The highest BCUT2D eigenvalue weighted by Crippen LogP contribution is 2.20. The molecule has 3 nitrogen and oxygen atoms in total. The average molecular weight is 295 g/mol. The minimum Gasteiger partial charge on any atom is -0.304 e. The molecule has 0 atom stereocenters. The van der Waals surface area contributed by atoms with Gasteiger partial charge in [0.05, 0.1) is 23.7 Å². The molecule has 102 valence electrons. The molecule has 0 saturated heterocycles. The molecule has 1 heterocycles. The Kier molecular flexibility index (Phi) is 3.47. The molecule has 0 spiro atoms. The van der Waals surface area contributed by atoms with Crippen LogP contribution in [0.15, 0.2) is 59.4 Å². The molecular formula is C17H11ClN2O. The zero-order valence-corrected chi connectivity index (χ0v) is 11.8. The average Bonchev–Trinajstić information content (AvgIpc) is 2.51. The van der Waals surface area contributed by atoms with Crippen LogP contribution in [0.5, 0.6) is 0 Å². The van der Waals surface area contributed by atoms with Gasteiger partial charge >= 0.3 is 0 Å². The Bertz CT molecular complexity index is 922. The van der Waals surface area contributed by atoms with E-state index in [2.05, 4.69) is 0 Å². The van der Waals surface area contributed by atoms with E-state index in [4.69, 9.17) is 16.9 Å². The molecule has 3 rings (SSSR count). The lowest BCUT2D eigenvalue weighted by molar-refractivity contribution is 0.795. The second-order valence-electron chi connectivity index (χ2n) is 4.73. The van der Waals surface area contributed by atoms with E-state index in [-0.39, 0.29) is 5.56 Å². The van der Waals surface area contributed by atoms with Crippen LogP contribution in [0.3, 0.4) is 0 Å². The minimum atomic E-state index is -0.0749. The Labute approximate surface area is 126 Å². The molecule has 4 heteroatoms. The summed E-state index contributed by atoms with van der Waals surface area (Å²) in [4.78, 5) is 12.1. The summed E-state index contributed by atoms with van der Waals surface area (Å²) >= 11 is 6.20. The van der Waals surface area contributed by atoms with Crippen molar-refractivity contribution in [2.75, 3.05) is 0 Å². The van der Waals surface area contributed by atoms with Crippen molar-refractivity contribution in [2.45, 2.75) is 6.54 Å². The number of nitrogens with zero attached hydrogens (tertiary/aromatic N) is 2. The van der Waals surface area contributed by atoms with E-state index in [1.54, 1.807) is 28.8 Å². The fraction of sp³-hybridized carbons (Fsp3) is 0.0588. The Morgan fingerprint density at radius 2 is 1.90 bits per heavy atom. The summed E-state index contributed by atoms with van der Waals surface area (Å²) in [6.07, 6.45) is 0. The van der Waals surface area contributed by atoms with Crippen LogP contribution in [0, 0.1) is 11.3 Å². The highest BCUT2D eigenvalue weighted by atomic mass is 35.5. The molecule has 0 amide bonds. The highest BCUT2D eigenvalue weighted by Gasteiger charge is 2.07. The number of aromatic nitrogens is 1. The van der Waals surface area contributed by atoms with Crippen molar-refractivity contribution in [1.82, 2.24) is 4.57 Å². The molecule has 1 aromatic heterocycles. The molecule has 21 heavy (non-hydrogen) atoms. The molecule has 0 saturated carbocycles. The Hall–Kier alpha value is -2.57. The quantitative estimate of drug-likeness (QED) is 0.725. The van der Waals surface area contributed by atoms with E-state index in [0.717, 1.165) is 16.5 Å². The van der Waals surface area contributed by atoms with Crippen molar-refractivity contribution in [3.8, 4) is 6.07 Å². The topological polar surface area (TPSA) is 45.8 Å². The van der Waals surface area contributed by atoms with Crippen LogP contribution in [0.25, 0.3) is 10.9 Å². The van der Waals surface area contributed by atoms with Crippen LogP contribution < -0.4 is 5.56 Å². The summed E-state index contributed by atoms with van der Waals surface area (Å²) in [6, 6.07) is 18.2. The number of nitriles is 1. The summed E-state index contributed by atoms with van der Waals surface area (Å²) in [5.41, 5.74) is 2.11. The predicted octanol–water partition coefficient (Wildman–Crippen LogP) is 3.57. The number of benzene rings is 2. The van der Waals surface area contributed by atoms with Gasteiger partial charge < -0.3 is 4.57 Å². The van der Waals surface area contributed by atoms with Gasteiger partial charge in [-0.05, 0) is 35.2 Å². The van der Waals surface area contributed by atoms with Gasteiger partial charge in [0.15, 0.2) is 0 Å². The smallest absolute Gasteiger partial charge is 0.251 e. The molecule has 3 aromatic rings. The van der Waals surface area contributed by atoms with Gasteiger partial charge in [-0.25, -0.2) is 0 Å². The number of fused-ring (bicyclic) bond motifs is 1.